The van der Waals surface area contributed by atoms with Crippen molar-refractivity contribution in [3.63, 3.8) is 0 Å². The highest BCUT2D eigenvalue weighted by Gasteiger charge is 1.77. The second-order valence-electron chi connectivity index (χ2n) is 0.992. The maximum atomic E-state index is 10.6. The molecular formula is C9H7FO3. The van der Waals surface area contributed by atoms with Crippen LogP contribution in [0.15, 0.2) is 0 Å². The summed E-state index contributed by atoms with van der Waals surface area (Å²) in [6.45, 7) is 1.44. The van der Waals surface area contributed by atoms with Crippen molar-refractivity contribution >= 4 is 12.3 Å². The minimum atomic E-state index is -1.72. The lowest BCUT2D eigenvalue weighted by molar-refractivity contribution is -0.123. The molecule has 4 heteroatoms. The van der Waals surface area contributed by atoms with Gasteiger partial charge in [-0.2, -0.15) is 0 Å². The van der Waals surface area contributed by atoms with E-state index in [9.17, 15) is 4.39 Å². The van der Waals surface area contributed by atoms with Gasteiger partial charge < -0.3 is 9.53 Å². The Morgan fingerprint density at radius 3 is 1.62 bits per heavy atom. The van der Waals surface area contributed by atoms with Crippen molar-refractivity contribution in [2.24, 2.45) is 0 Å². The highest BCUT2D eigenvalue weighted by Crippen LogP contribution is 1.59. The molecule has 3 nitrogen and oxygen atoms in total. The monoisotopic (exact) mass is 182 g/mol. The molecule has 0 aromatic rings. The second kappa shape index (κ2) is 22.6. The van der Waals surface area contributed by atoms with Crippen molar-refractivity contribution in [1.82, 2.24) is 0 Å². The number of carbonyl (C=O) groups is 2. The summed E-state index contributed by atoms with van der Waals surface area (Å²) in [5.41, 5.74) is 0. The van der Waals surface area contributed by atoms with Crippen LogP contribution in [0.4, 0.5) is 4.39 Å². The van der Waals surface area contributed by atoms with Crippen LogP contribution in [0.3, 0.4) is 0 Å². The van der Waals surface area contributed by atoms with Gasteiger partial charge in [-0.3, -0.25) is 0 Å². The maximum Gasteiger partial charge on any atom is 0.375 e. The van der Waals surface area contributed by atoms with E-state index < -0.39 is 6.04 Å². The topological polar surface area (TPSA) is 43.4 Å². The molecule has 0 aliphatic carbocycles. The van der Waals surface area contributed by atoms with Crippen LogP contribution in [0.5, 0.6) is 0 Å². The van der Waals surface area contributed by atoms with Gasteiger partial charge in [0.15, 0.2) is 0 Å². The third kappa shape index (κ3) is 191. The van der Waals surface area contributed by atoms with Crippen molar-refractivity contribution in [3.8, 4) is 37.4 Å². The fourth-order valence-electron chi connectivity index (χ4n) is 0.0340. The SMILES string of the molecule is C#CC(=O)F.C#COC#C.CC=O. The van der Waals surface area contributed by atoms with E-state index in [1.54, 1.807) is 12.2 Å². The third-order valence-electron chi connectivity index (χ3n) is 0.231. The smallest absolute Gasteiger partial charge is 0.357 e. The van der Waals surface area contributed by atoms with Gasteiger partial charge in [0.05, 0.1) is 0 Å². The van der Waals surface area contributed by atoms with E-state index in [4.69, 9.17) is 9.59 Å². The molecule has 0 rings (SSSR count). The molecule has 0 aliphatic rings. The number of halogens is 1. The minimum Gasteiger partial charge on any atom is -0.357 e. The number of rotatable bonds is 0. The van der Waals surface area contributed by atoms with E-state index in [-0.39, 0.29) is 0 Å². The molecule has 0 atom stereocenters. The van der Waals surface area contributed by atoms with Gasteiger partial charge in [-0.1, -0.05) is 12.8 Å². The maximum absolute atomic E-state index is 10.6. The van der Waals surface area contributed by atoms with Crippen LogP contribution < -0.4 is 0 Å². The van der Waals surface area contributed by atoms with Gasteiger partial charge in [0, 0.05) is 5.92 Å². The van der Waals surface area contributed by atoms with Crippen LogP contribution in [-0.4, -0.2) is 12.3 Å². The summed E-state index contributed by atoms with van der Waals surface area (Å²) >= 11 is 0. The van der Waals surface area contributed by atoms with Gasteiger partial charge in [0.25, 0.3) is 0 Å². The lowest BCUT2D eigenvalue weighted by Crippen LogP contribution is -1.72. The number of hydrogen-bond donors (Lipinski definition) is 0. The molecule has 0 saturated carbocycles. The van der Waals surface area contributed by atoms with Gasteiger partial charge in [-0.25, -0.2) is 4.79 Å². The zero-order valence-corrected chi connectivity index (χ0v) is 6.91. The number of hydrogen-bond acceptors (Lipinski definition) is 3. The van der Waals surface area contributed by atoms with Gasteiger partial charge in [0.2, 0.25) is 0 Å². The first-order chi connectivity index (χ1) is 6.10. The number of carbonyl (C=O) groups excluding carboxylic acids is 2. The van der Waals surface area contributed by atoms with E-state index in [2.05, 4.69) is 24.0 Å². The molecule has 0 heterocycles. The van der Waals surface area contributed by atoms with Crippen molar-refractivity contribution in [3.05, 3.63) is 0 Å². The Hall–Kier alpha value is -2.25. The van der Waals surface area contributed by atoms with E-state index in [0.29, 0.717) is 0 Å². The summed E-state index contributed by atoms with van der Waals surface area (Å²) in [7, 11) is 0. The van der Waals surface area contributed by atoms with Crippen molar-refractivity contribution in [2.45, 2.75) is 6.92 Å². The van der Waals surface area contributed by atoms with E-state index in [1.807, 2.05) is 0 Å². The average Bonchev–Trinajstić information content (AvgIpc) is 2.08. The molecule has 0 N–H and O–H groups in total. The lowest BCUT2D eigenvalue weighted by Gasteiger charge is -1.64. The Morgan fingerprint density at radius 2 is 1.62 bits per heavy atom. The first-order valence-electron chi connectivity index (χ1n) is 2.73. The molecule has 0 radical (unpaired) electrons. The molecule has 0 amide bonds. The van der Waals surface area contributed by atoms with E-state index in [1.165, 1.54) is 12.8 Å². The first kappa shape index (κ1) is 17.0. The van der Waals surface area contributed by atoms with E-state index in [0.717, 1.165) is 6.29 Å². The predicted octanol–water partition coefficient (Wildman–Crippen LogP) is 0.505. The molecule has 0 aromatic heterocycles. The summed E-state index contributed by atoms with van der Waals surface area (Å²) in [6.07, 6.45) is 17.6. The van der Waals surface area contributed by atoms with Crippen LogP contribution in [-0.2, 0) is 14.3 Å². The fraction of sp³-hybridized carbons (Fsp3) is 0.111. The summed E-state index contributed by atoms with van der Waals surface area (Å²) in [4.78, 5) is 17.7. The molecule has 0 fully saturated rings. The van der Waals surface area contributed by atoms with Crippen LogP contribution in [0.1, 0.15) is 6.92 Å². The normalized spacial score (nSPS) is 4.54. The Morgan fingerprint density at radius 1 is 1.38 bits per heavy atom. The Balaban J connectivity index is -0.000000120. The molecule has 0 unspecified atom stereocenters. The van der Waals surface area contributed by atoms with Crippen LogP contribution in [0.25, 0.3) is 0 Å². The summed E-state index contributed by atoms with van der Waals surface area (Å²) < 4.78 is 14.4. The fourth-order valence-corrected chi connectivity index (χ4v) is 0.0340. The first-order valence-corrected chi connectivity index (χ1v) is 2.73. The molecule has 0 spiro atoms. The van der Waals surface area contributed by atoms with Gasteiger partial charge in [0.1, 0.15) is 18.5 Å². The van der Waals surface area contributed by atoms with Crippen molar-refractivity contribution in [2.75, 3.05) is 0 Å². The van der Waals surface area contributed by atoms with Crippen LogP contribution >= 0.6 is 0 Å². The summed E-state index contributed by atoms with van der Waals surface area (Å²) in [5, 5.41) is 0. The predicted molar refractivity (Wildman–Crippen MR) is 45.4 cm³/mol. The quantitative estimate of drug-likeness (QED) is 0.311. The third-order valence-corrected chi connectivity index (χ3v) is 0.231. The van der Waals surface area contributed by atoms with E-state index >= 15 is 0 Å². The standard InChI is InChI=1S/C4H2O.C3HFO.C2H4O/c1-3-5-4-2;1-2-3(4)5;1-2-3/h1-2H;1H;2H,1H3. The second-order valence-corrected chi connectivity index (χ2v) is 0.992. The Labute approximate surface area is 76.3 Å². The minimum absolute atomic E-state index is 0.750. The van der Waals surface area contributed by atoms with Gasteiger partial charge in [-0.15, -0.1) is 10.8 Å². The number of ether oxygens (including phenoxy) is 1. The van der Waals surface area contributed by atoms with Crippen molar-refractivity contribution in [1.29, 1.82) is 0 Å². The highest BCUT2D eigenvalue weighted by molar-refractivity contribution is 5.86. The number of terminal acetylenes is 3. The molecule has 0 aliphatic heterocycles. The Bertz CT molecular complexity index is 238. The zero-order chi connectivity index (χ0) is 11.1. The Kier molecular flexibility index (Phi) is 29.5. The summed E-state index contributed by atoms with van der Waals surface area (Å²) in [6, 6.07) is -1.72. The average molecular weight is 182 g/mol. The van der Waals surface area contributed by atoms with Crippen LogP contribution in [0.2, 0.25) is 0 Å². The van der Waals surface area contributed by atoms with Gasteiger partial charge >= 0.3 is 6.04 Å². The molecule has 13 heavy (non-hydrogen) atoms. The number of aldehydes is 1. The van der Waals surface area contributed by atoms with Crippen molar-refractivity contribution < 1.29 is 18.7 Å². The largest absolute Gasteiger partial charge is 0.375 e. The molecule has 68 valence electrons. The zero-order valence-electron chi connectivity index (χ0n) is 6.91. The van der Waals surface area contributed by atoms with Gasteiger partial charge in [-0.05, 0) is 6.92 Å². The molecule has 0 saturated heterocycles. The lowest BCUT2D eigenvalue weighted by atomic mass is 10.8. The summed E-state index contributed by atoms with van der Waals surface area (Å²) in [5.74, 6) is 1.22. The van der Waals surface area contributed by atoms with Crippen LogP contribution in [0, 0.1) is 37.4 Å². The molecule has 0 aromatic carbocycles. The highest BCUT2D eigenvalue weighted by atomic mass is 19.1. The molecular weight excluding hydrogens is 175 g/mol. The molecule has 0 bridgehead atoms.